The Kier molecular flexibility index (Phi) is 5.10. The Labute approximate surface area is 246 Å². The molecule has 0 aliphatic rings. The van der Waals surface area contributed by atoms with Gasteiger partial charge in [0.2, 0.25) is 5.95 Å². The number of hydrogen-bond donors (Lipinski definition) is 0. The van der Waals surface area contributed by atoms with Crippen LogP contribution < -0.4 is 0 Å². The lowest BCUT2D eigenvalue weighted by atomic mass is 10.1. The Morgan fingerprint density at radius 3 is 1.88 bits per heavy atom. The van der Waals surface area contributed by atoms with Crippen molar-refractivity contribution in [1.29, 1.82) is 0 Å². The molecule has 5 aromatic heterocycles. The summed E-state index contributed by atoms with van der Waals surface area (Å²) in [7, 11) is 0. The third-order valence-electron chi connectivity index (χ3n) is 8.16. The van der Waals surface area contributed by atoms with E-state index in [0.29, 0.717) is 0 Å². The first-order chi connectivity index (χ1) is 21.4. The van der Waals surface area contributed by atoms with E-state index in [4.69, 9.17) is 15.0 Å². The first-order valence-corrected chi connectivity index (χ1v) is 14.3. The lowest BCUT2D eigenvalue weighted by molar-refractivity contribution is 0.933. The highest BCUT2D eigenvalue weighted by atomic mass is 15.3. The number of hydrogen-bond acceptors (Lipinski definition) is 3. The molecule has 6 heteroatoms. The molecule has 0 N–H and O–H groups in total. The molecule has 0 radical (unpaired) electrons. The predicted octanol–water partition coefficient (Wildman–Crippen LogP) is 8.52. The first-order valence-electron chi connectivity index (χ1n) is 14.3. The molecule has 6 nitrogen and oxygen atoms in total. The predicted molar refractivity (Wildman–Crippen MR) is 173 cm³/mol. The van der Waals surface area contributed by atoms with Gasteiger partial charge in [-0.05, 0) is 48.5 Å². The van der Waals surface area contributed by atoms with Gasteiger partial charge in [-0.2, -0.15) is 0 Å². The normalized spacial score (nSPS) is 11.7. The SMILES string of the molecule is c1ccc(-c2cnc(-n3c4cccnc4c4cc5c(nc43)c3ccccc3n5-c3ccccc3)n2-c2ccccc2)cc1. The largest absolute Gasteiger partial charge is 0.308 e. The lowest BCUT2D eigenvalue weighted by Crippen LogP contribution is -2.07. The van der Waals surface area contributed by atoms with E-state index in [1.54, 1.807) is 0 Å². The van der Waals surface area contributed by atoms with Crippen LogP contribution in [0.1, 0.15) is 0 Å². The van der Waals surface area contributed by atoms with Crippen LogP contribution in [0.3, 0.4) is 0 Å². The molecule has 0 fully saturated rings. The summed E-state index contributed by atoms with van der Waals surface area (Å²) in [5.41, 5.74) is 9.97. The summed E-state index contributed by atoms with van der Waals surface area (Å²) in [5, 5.41) is 2.08. The van der Waals surface area contributed by atoms with Gasteiger partial charge in [0.15, 0.2) is 0 Å². The van der Waals surface area contributed by atoms with Crippen LogP contribution in [0.5, 0.6) is 0 Å². The Hall–Kier alpha value is -6.01. The molecule has 43 heavy (non-hydrogen) atoms. The van der Waals surface area contributed by atoms with Crippen LogP contribution in [0.2, 0.25) is 0 Å². The van der Waals surface area contributed by atoms with Crippen LogP contribution in [-0.4, -0.2) is 28.7 Å². The van der Waals surface area contributed by atoms with Gasteiger partial charge in [-0.15, -0.1) is 0 Å². The molecule has 4 aromatic carbocycles. The summed E-state index contributed by atoms with van der Waals surface area (Å²) in [6.45, 7) is 0. The average molecular weight is 553 g/mol. The van der Waals surface area contributed by atoms with Gasteiger partial charge in [-0.3, -0.25) is 14.1 Å². The lowest BCUT2D eigenvalue weighted by Gasteiger charge is -2.14. The number of fused-ring (bicyclic) bond motifs is 6. The van der Waals surface area contributed by atoms with E-state index in [2.05, 4.69) is 123 Å². The Morgan fingerprint density at radius 2 is 1.12 bits per heavy atom. The van der Waals surface area contributed by atoms with Crippen LogP contribution in [0.4, 0.5) is 0 Å². The summed E-state index contributed by atoms with van der Waals surface area (Å²) in [5.74, 6) is 0.761. The van der Waals surface area contributed by atoms with E-state index < -0.39 is 0 Å². The van der Waals surface area contributed by atoms with Crippen LogP contribution in [0.15, 0.2) is 146 Å². The molecular formula is C37H24N6. The number of imidazole rings is 1. The van der Waals surface area contributed by atoms with Crippen LogP contribution >= 0.6 is 0 Å². The first kappa shape index (κ1) is 23.7. The number of benzene rings is 4. The smallest absolute Gasteiger partial charge is 0.221 e. The zero-order chi connectivity index (χ0) is 28.3. The highest BCUT2D eigenvalue weighted by molar-refractivity contribution is 6.14. The minimum Gasteiger partial charge on any atom is -0.308 e. The Bertz CT molecular complexity index is 2430. The van der Waals surface area contributed by atoms with Gasteiger partial charge in [-0.25, -0.2) is 9.97 Å². The van der Waals surface area contributed by atoms with Crippen molar-refractivity contribution in [1.82, 2.24) is 28.7 Å². The second-order valence-corrected chi connectivity index (χ2v) is 10.6. The van der Waals surface area contributed by atoms with Gasteiger partial charge in [0, 0.05) is 33.9 Å². The van der Waals surface area contributed by atoms with Gasteiger partial charge in [0.25, 0.3) is 0 Å². The summed E-state index contributed by atoms with van der Waals surface area (Å²) in [6.07, 6.45) is 3.80. The van der Waals surface area contributed by atoms with Crippen molar-refractivity contribution in [3.63, 3.8) is 0 Å². The molecular weight excluding hydrogens is 528 g/mol. The molecule has 0 atom stereocenters. The maximum atomic E-state index is 5.43. The second kappa shape index (κ2) is 9.26. The van der Waals surface area contributed by atoms with Crippen LogP contribution in [0, 0.1) is 0 Å². The fourth-order valence-electron chi connectivity index (χ4n) is 6.31. The summed E-state index contributed by atoms with van der Waals surface area (Å²) < 4.78 is 6.66. The molecule has 9 aromatic rings. The molecule has 202 valence electrons. The van der Waals surface area contributed by atoms with Gasteiger partial charge in [-0.1, -0.05) is 84.9 Å². The second-order valence-electron chi connectivity index (χ2n) is 10.6. The van der Waals surface area contributed by atoms with Gasteiger partial charge in [0.05, 0.1) is 39.5 Å². The van der Waals surface area contributed by atoms with E-state index in [-0.39, 0.29) is 0 Å². The van der Waals surface area contributed by atoms with Crippen molar-refractivity contribution < 1.29 is 0 Å². The zero-order valence-corrected chi connectivity index (χ0v) is 23.0. The summed E-state index contributed by atoms with van der Waals surface area (Å²) in [6, 6.07) is 46.0. The van der Waals surface area contributed by atoms with Crippen LogP contribution in [-0.2, 0) is 0 Å². The molecule has 0 spiro atoms. The topological polar surface area (TPSA) is 53.5 Å². The molecule has 5 heterocycles. The fraction of sp³-hybridized carbons (Fsp3) is 0. The van der Waals surface area contributed by atoms with E-state index in [1.807, 2.05) is 36.7 Å². The Balaban J connectivity index is 1.42. The van der Waals surface area contributed by atoms with Crippen LogP contribution in [0.25, 0.3) is 72.6 Å². The third-order valence-corrected chi connectivity index (χ3v) is 8.16. The molecule has 0 unspecified atom stereocenters. The number of aromatic nitrogens is 6. The minimum atomic E-state index is 0.761. The zero-order valence-electron chi connectivity index (χ0n) is 23.0. The van der Waals surface area contributed by atoms with Crippen molar-refractivity contribution in [2.45, 2.75) is 0 Å². The number of nitrogens with zero attached hydrogens (tertiary/aromatic N) is 6. The molecule has 0 amide bonds. The van der Waals surface area contributed by atoms with E-state index in [0.717, 1.165) is 72.6 Å². The standard InChI is InChI=1S/C37H24N6/c1-4-13-25(14-5-1)33-24-39-37(42(33)27-17-8-3-9-18-27)43-31-21-12-22-38-34(31)29-23-32-35(40-36(29)43)28-19-10-11-20-30(28)41(32)26-15-6-2-7-16-26/h1-24H. The van der Waals surface area contributed by atoms with Crippen molar-refractivity contribution in [3.05, 3.63) is 146 Å². The number of para-hydroxylation sites is 3. The monoisotopic (exact) mass is 552 g/mol. The maximum Gasteiger partial charge on any atom is 0.221 e. The Morgan fingerprint density at radius 1 is 0.465 bits per heavy atom. The minimum absolute atomic E-state index is 0.761. The maximum absolute atomic E-state index is 5.43. The molecule has 0 saturated carbocycles. The van der Waals surface area contributed by atoms with Crippen molar-refractivity contribution in [2.24, 2.45) is 0 Å². The summed E-state index contributed by atoms with van der Waals surface area (Å²) >= 11 is 0. The molecule has 9 rings (SSSR count). The van der Waals surface area contributed by atoms with Gasteiger partial charge >= 0.3 is 0 Å². The quantitative estimate of drug-likeness (QED) is 0.220. The van der Waals surface area contributed by atoms with E-state index in [9.17, 15) is 0 Å². The van der Waals surface area contributed by atoms with Gasteiger partial charge < -0.3 is 4.57 Å². The number of pyridine rings is 2. The van der Waals surface area contributed by atoms with E-state index in [1.165, 1.54) is 0 Å². The highest BCUT2D eigenvalue weighted by Gasteiger charge is 2.23. The van der Waals surface area contributed by atoms with Crippen molar-refractivity contribution in [2.75, 3.05) is 0 Å². The van der Waals surface area contributed by atoms with E-state index >= 15 is 0 Å². The highest BCUT2D eigenvalue weighted by Crippen LogP contribution is 2.38. The summed E-state index contributed by atoms with van der Waals surface area (Å²) in [4.78, 5) is 15.4. The van der Waals surface area contributed by atoms with Crippen molar-refractivity contribution in [3.8, 4) is 28.6 Å². The van der Waals surface area contributed by atoms with Crippen molar-refractivity contribution >= 4 is 44.0 Å². The molecule has 0 aliphatic heterocycles. The average Bonchev–Trinajstić information content (AvgIpc) is 3.75. The third kappa shape index (κ3) is 3.50. The fourth-order valence-corrected chi connectivity index (χ4v) is 6.31. The molecule has 0 aliphatic carbocycles. The van der Waals surface area contributed by atoms with Gasteiger partial charge in [0.1, 0.15) is 5.65 Å². The molecule has 0 bridgehead atoms. The number of rotatable bonds is 4. The molecule has 0 saturated heterocycles.